The highest BCUT2D eigenvalue weighted by atomic mass is 16.5. The number of benzene rings is 1. The zero-order chi connectivity index (χ0) is 18.4. The van der Waals surface area contributed by atoms with Crippen LogP contribution in [0, 0.1) is 0 Å². The molecule has 26 heavy (non-hydrogen) atoms. The molecule has 2 heterocycles. The largest absolute Gasteiger partial charge is 0.491 e. The first kappa shape index (κ1) is 18.1. The number of rotatable bonds is 8. The Morgan fingerprint density at radius 2 is 2.42 bits per heavy atom. The summed E-state index contributed by atoms with van der Waals surface area (Å²) in [7, 11) is 0. The smallest absolute Gasteiger partial charge is 0.250 e. The standard InChI is InChI=1S/C19H24N4O3/c1-3-19(24)22(13-16-12-20-21-23(16)4-2)15-7-5-8-17(11-15)26-14-18-9-6-10-25-18/h3,5,7-8,11-12,18H,1,4,6,9-10,13-14H2,2H3. The SMILES string of the molecule is C=CC(=O)N(Cc1cnnn1CC)c1cccc(OCC2CCCO2)c1. The summed E-state index contributed by atoms with van der Waals surface area (Å²) in [4.78, 5) is 14.0. The van der Waals surface area contributed by atoms with Gasteiger partial charge >= 0.3 is 0 Å². The second-order valence-corrected chi connectivity index (χ2v) is 6.11. The zero-order valence-corrected chi connectivity index (χ0v) is 15.0. The minimum atomic E-state index is -0.190. The van der Waals surface area contributed by atoms with Crippen LogP contribution in [0.15, 0.2) is 43.1 Å². The van der Waals surface area contributed by atoms with Crippen LogP contribution < -0.4 is 9.64 Å². The third-order valence-corrected chi connectivity index (χ3v) is 4.35. The van der Waals surface area contributed by atoms with E-state index in [4.69, 9.17) is 9.47 Å². The van der Waals surface area contributed by atoms with Gasteiger partial charge in [-0.3, -0.25) is 4.79 Å². The van der Waals surface area contributed by atoms with Crippen LogP contribution >= 0.6 is 0 Å². The number of carbonyl (C=O) groups is 1. The molecule has 1 aromatic carbocycles. The van der Waals surface area contributed by atoms with E-state index in [-0.39, 0.29) is 12.0 Å². The molecule has 138 valence electrons. The molecule has 0 spiro atoms. The van der Waals surface area contributed by atoms with Crippen LogP contribution in [0.25, 0.3) is 0 Å². The molecule has 7 nitrogen and oxygen atoms in total. The zero-order valence-electron chi connectivity index (χ0n) is 15.0. The maximum absolute atomic E-state index is 12.4. The summed E-state index contributed by atoms with van der Waals surface area (Å²) < 4.78 is 13.2. The average Bonchev–Trinajstić information content (AvgIpc) is 3.35. The molecular formula is C19H24N4O3. The summed E-state index contributed by atoms with van der Waals surface area (Å²) in [5.74, 6) is 0.520. The van der Waals surface area contributed by atoms with Crippen molar-refractivity contribution in [2.45, 2.75) is 39.0 Å². The first-order valence-electron chi connectivity index (χ1n) is 8.87. The number of carbonyl (C=O) groups excluding carboxylic acids is 1. The number of aryl methyl sites for hydroxylation is 1. The predicted molar refractivity (Wildman–Crippen MR) is 98.0 cm³/mol. The molecule has 1 aliphatic heterocycles. The maximum Gasteiger partial charge on any atom is 0.250 e. The quantitative estimate of drug-likeness (QED) is 0.680. The first-order valence-corrected chi connectivity index (χ1v) is 8.87. The van der Waals surface area contributed by atoms with Gasteiger partial charge in [-0.25, -0.2) is 4.68 Å². The van der Waals surface area contributed by atoms with Crippen LogP contribution in [0.5, 0.6) is 5.75 Å². The number of aromatic nitrogens is 3. The van der Waals surface area contributed by atoms with Crippen molar-refractivity contribution in [3.63, 3.8) is 0 Å². The molecule has 7 heteroatoms. The van der Waals surface area contributed by atoms with E-state index >= 15 is 0 Å². The molecule has 1 atom stereocenters. The van der Waals surface area contributed by atoms with Crippen molar-refractivity contribution in [1.82, 2.24) is 15.0 Å². The lowest BCUT2D eigenvalue weighted by molar-refractivity contribution is -0.114. The number of anilines is 1. The van der Waals surface area contributed by atoms with Gasteiger partial charge < -0.3 is 14.4 Å². The molecule has 3 rings (SSSR count). The Balaban J connectivity index is 1.76. The number of nitrogens with zero attached hydrogens (tertiary/aromatic N) is 4. The van der Waals surface area contributed by atoms with Crippen LogP contribution in [0.1, 0.15) is 25.5 Å². The molecular weight excluding hydrogens is 332 g/mol. The van der Waals surface area contributed by atoms with Crippen molar-refractivity contribution >= 4 is 11.6 Å². The fourth-order valence-corrected chi connectivity index (χ4v) is 2.94. The second-order valence-electron chi connectivity index (χ2n) is 6.11. The van der Waals surface area contributed by atoms with Gasteiger partial charge in [0, 0.05) is 24.9 Å². The average molecular weight is 356 g/mol. The van der Waals surface area contributed by atoms with Crippen molar-refractivity contribution in [2.24, 2.45) is 0 Å². The van der Waals surface area contributed by atoms with Gasteiger partial charge in [0.15, 0.2) is 0 Å². The Morgan fingerprint density at radius 1 is 1.54 bits per heavy atom. The lowest BCUT2D eigenvalue weighted by atomic mass is 10.2. The molecule has 1 amide bonds. The summed E-state index contributed by atoms with van der Waals surface area (Å²) in [5, 5.41) is 7.95. The van der Waals surface area contributed by atoms with Crippen LogP contribution in [-0.4, -0.2) is 40.2 Å². The predicted octanol–water partition coefficient (Wildman–Crippen LogP) is 2.58. The summed E-state index contributed by atoms with van der Waals surface area (Å²) in [6, 6.07) is 7.49. The fraction of sp³-hybridized carbons (Fsp3) is 0.421. The molecule has 1 aromatic heterocycles. The normalized spacial score (nSPS) is 16.4. The van der Waals surface area contributed by atoms with E-state index in [0.29, 0.717) is 25.4 Å². The van der Waals surface area contributed by atoms with E-state index in [9.17, 15) is 4.79 Å². The summed E-state index contributed by atoms with van der Waals surface area (Å²) in [5.41, 5.74) is 1.59. The van der Waals surface area contributed by atoms with E-state index < -0.39 is 0 Å². The molecule has 0 saturated carbocycles. The molecule has 0 N–H and O–H groups in total. The Bertz CT molecular complexity index is 753. The van der Waals surface area contributed by atoms with Crippen molar-refractivity contribution < 1.29 is 14.3 Å². The van der Waals surface area contributed by atoms with Gasteiger partial charge in [0.25, 0.3) is 5.91 Å². The van der Waals surface area contributed by atoms with Gasteiger partial charge in [-0.05, 0) is 38.0 Å². The van der Waals surface area contributed by atoms with Gasteiger partial charge in [0.1, 0.15) is 12.4 Å². The third kappa shape index (κ3) is 4.29. The van der Waals surface area contributed by atoms with E-state index in [0.717, 1.165) is 30.8 Å². The highest BCUT2D eigenvalue weighted by molar-refractivity contribution is 6.01. The lowest BCUT2D eigenvalue weighted by Crippen LogP contribution is -2.29. The minimum absolute atomic E-state index is 0.148. The Labute approximate surface area is 153 Å². The molecule has 0 aliphatic carbocycles. The van der Waals surface area contributed by atoms with E-state index in [1.807, 2.05) is 31.2 Å². The van der Waals surface area contributed by atoms with Crippen molar-refractivity contribution in [3.05, 3.63) is 48.8 Å². The van der Waals surface area contributed by atoms with Crippen LogP contribution in [0.2, 0.25) is 0 Å². The Hall–Kier alpha value is -2.67. The minimum Gasteiger partial charge on any atom is -0.491 e. The van der Waals surface area contributed by atoms with Crippen LogP contribution in [0.3, 0.4) is 0 Å². The topological polar surface area (TPSA) is 69.5 Å². The summed E-state index contributed by atoms with van der Waals surface area (Å²) in [6.07, 6.45) is 5.23. The molecule has 1 saturated heterocycles. The van der Waals surface area contributed by atoms with E-state index in [1.165, 1.54) is 6.08 Å². The van der Waals surface area contributed by atoms with Gasteiger partial charge in [-0.15, -0.1) is 5.10 Å². The van der Waals surface area contributed by atoms with Gasteiger partial charge in [-0.1, -0.05) is 17.9 Å². The van der Waals surface area contributed by atoms with Gasteiger partial charge in [0.05, 0.1) is 24.5 Å². The number of ether oxygens (including phenoxy) is 2. The summed E-state index contributed by atoms with van der Waals surface area (Å²) in [6.45, 7) is 7.97. The highest BCUT2D eigenvalue weighted by Gasteiger charge is 2.18. The molecule has 1 fully saturated rings. The van der Waals surface area contributed by atoms with Crippen molar-refractivity contribution in [2.75, 3.05) is 18.1 Å². The van der Waals surface area contributed by atoms with Crippen LogP contribution in [-0.2, 0) is 22.6 Å². The number of amides is 1. The Kier molecular flexibility index (Phi) is 6.01. The van der Waals surface area contributed by atoms with Gasteiger partial charge in [0.2, 0.25) is 0 Å². The van der Waals surface area contributed by atoms with E-state index in [1.54, 1.807) is 15.8 Å². The van der Waals surface area contributed by atoms with Crippen molar-refractivity contribution in [1.29, 1.82) is 0 Å². The molecule has 0 bridgehead atoms. The van der Waals surface area contributed by atoms with Crippen molar-refractivity contribution in [3.8, 4) is 5.75 Å². The number of hydrogen-bond acceptors (Lipinski definition) is 5. The molecule has 1 unspecified atom stereocenters. The second kappa shape index (κ2) is 8.62. The number of hydrogen-bond donors (Lipinski definition) is 0. The summed E-state index contributed by atoms with van der Waals surface area (Å²) >= 11 is 0. The van der Waals surface area contributed by atoms with Gasteiger partial charge in [-0.2, -0.15) is 0 Å². The lowest BCUT2D eigenvalue weighted by Gasteiger charge is -2.22. The first-order chi connectivity index (χ1) is 12.7. The molecule has 2 aromatic rings. The highest BCUT2D eigenvalue weighted by Crippen LogP contribution is 2.24. The molecule has 0 radical (unpaired) electrons. The molecule has 1 aliphatic rings. The Morgan fingerprint density at radius 3 is 3.15 bits per heavy atom. The third-order valence-electron chi connectivity index (χ3n) is 4.35. The fourth-order valence-electron chi connectivity index (χ4n) is 2.94. The van der Waals surface area contributed by atoms with E-state index in [2.05, 4.69) is 16.9 Å². The monoisotopic (exact) mass is 356 g/mol. The maximum atomic E-state index is 12.4. The van der Waals surface area contributed by atoms with Crippen LogP contribution in [0.4, 0.5) is 5.69 Å².